The molecule has 1 aliphatic rings. The summed E-state index contributed by atoms with van der Waals surface area (Å²) in [7, 11) is 3.95. The third kappa shape index (κ3) is 4.73. The minimum absolute atomic E-state index is 0.832. The number of guanidine groups is 1. The fraction of sp³-hybridized carbons (Fsp3) is 0.611. The number of likely N-dealkylation sites (N-methyl/N-ethyl adjacent to an activating group) is 1. The molecule has 122 valence electrons. The molecule has 1 fully saturated rings. The maximum Gasteiger partial charge on any atom is 0.193 e. The topological polar surface area (TPSA) is 30.9 Å². The molecule has 4 heteroatoms. The Morgan fingerprint density at radius 3 is 2.64 bits per heavy atom. The first kappa shape index (κ1) is 16.8. The highest BCUT2D eigenvalue weighted by Gasteiger charge is 2.27. The molecule has 4 nitrogen and oxygen atoms in total. The number of rotatable bonds is 7. The fourth-order valence-electron chi connectivity index (χ4n) is 2.85. The van der Waals surface area contributed by atoms with E-state index < -0.39 is 0 Å². The highest BCUT2D eigenvalue weighted by Crippen LogP contribution is 2.25. The predicted molar refractivity (Wildman–Crippen MR) is 94.3 cm³/mol. The van der Waals surface area contributed by atoms with E-state index >= 15 is 0 Å². The SMILES string of the molecule is CCN(CCNC(=NC)N(C)Cc1ccccc1C)C1CC1. The summed E-state index contributed by atoms with van der Waals surface area (Å²) < 4.78 is 0. The lowest BCUT2D eigenvalue weighted by molar-refractivity contribution is 0.280. The summed E-state index contributed by atoms with van der Waals surface area (Å²) in [6, 6.07) is 9.36. The minimum Gasteiger partial charge on any atom is -0.355 e. The average Bonchev–Trinajstić information content (AvgIpc) is 3.34. The summed E-state index contributed by atoms with van der Waals surface area (Å²) in [6.45, 7) is 8.48. The molecule has 0 spiro atoms. The van der Waals surface area contributed by atoms with Crippen molar-refractivity contribution in [2.75, 3.05) is 33.7 Å². The molecule has 1 saturated carbocycles. The summed E-state index contributed by atoms with van der Waals surface area (Å²) in [5, 5.41) is 3.49. The molecule has 0 aromatic heterocycles. The molecule has 0 aliphatic heterocycles. The van der Waals surface area contributed by atoms with Crippen LogP contribution in [-0.2, 0) is 6.54 Å². The van der Waals surface area contributed by atoms with Gasteiger partial charge in [0, 0.05) is 39.8 Å². The minimum atomic E-state index is 0.832. The van der Waals surface area contributed by atoms with Crippen LogP contribution in [0.1, 0.15) is 30.9 Å². The molecular weight excluding hydrogens is 272 g/mol. The van der Waals surface area contributed by atoms with Crippen molar-refractivity contribution < 1.29 is 0 Å². The molecule has 1 aromatic carbocycles. The van der Waals surface area contributed by atoms with Crippen LogP contribution in [-0.4, -0.2) is 55.5 Å². The zero-order valence-corrected chi connectivity index (χ0v) is 14.5. The normalized spacial score (nSPS) is 15.2. The van der Waals surface area contributed by atoms with Gasteiger partial charge in [-0.15, -0.1) is 0 Å². The smallest absolute Gasteiger partial charge is 0.193 e. The van der Waals surface area contributed by atoms with Gasteiger partial charge in [0.05, 0.1) is 0 Å². The molecule has 0 radical (unpaired) electrons. The lowest BCUT2D eigenvalue weighted by atomic mass is 10.1. The first-order valence-electron chi connectivity index (χ1n) is 8.36. The van der Waals surface area contributed by atoms with Crippen LogP contribution in [0.4, 0.5) is 0 Å². The van der Waals surface area contributed by atoms with Crippen molar-refractivity contribution in [2.45, 2.75) is 39.3 Å². The molecular formula is C18H30N4. The van der Waals surface area contributed by atoms with E-state index in [1.54, 1.807) is 0 Å². The van der Waals surface area contributed by atoms with E-state index in [0.717, 1.165) is 38.2 Å². The first-order chi connectivity index (χ1) is 10.7. The maximum absolute atomic E-state index is 4.41. The fourth-order valence-corrected chi connectivity index (χ4v) is 2.85. The third-order valence-corrected chi connectivity index (χ3v) is 4.39. The van der Waals surface area contributed by atoms with E-state index in [0.29, 0.717) is 0 Å². The standard InChI is InChI=1S/C18H30N4/c1-5-22(17-10-11-17)13-12-20-18(19-3)21(4)14-16-9-7-6-8-15(16)2/h6-9,17H,5,10-14H2,1-4H3,(H,19,20). The Balaban J connectivity index is 1.81. The molecule has 1 aromatic rings. The molecule has 0 heterocycles. The summed E-state index contributed by atoms with van der Waals surface area (Å²) in [5.74, 6) is 0.968. The molecule has 0 atom stereocenters. The van der Waals surface area contributed by atoms with E-state index in [4.69, 9.17) is 0 Å². The summed E-state index contributed by atoms with van der Waals surface area (Å²) in [6.07, 6.45) is 2.74. The van der Waals surface area contributed by atoms with E-state index in [2.05, 4.69) is 65.3 Å². The Kier molecular flexibility index (Phi) is 6.25. The summed E-state index contributed by atoms with van der Waals surface area (Å²) in [4.78, 5) is 9.16. The van der Waals surface area contributed by atoms with Crippen molar-refractivity contribution >= 4 is 5.96 Å². The Morgan fingerprint density at radius 1 is 1.32 bits per heavy atom. The molecule has 0 amide bonds. The van der Waals surface area contributed by atoms with E-state index in [9.17, 15) is 0 Å². The quantitative estimate of drug-likeness (QED) is 0.620. The van der Waals surface area contributed by atoms with Crippen molar-refractivity contribution in [3.63, 3.8) is 0 Å². The van der Waals surface area contributed by atoms with Gasteiger partial charge >= 0.3 is 0 Å². The second-order valence-corrected chi connectivity index (χ2v) is 6.12. The number of hydrogen-bond acceptors (Lipinski definition) is 2. The van der Waals surface area contributed by atoms with Gasteiger partial charge in [0.25, 0.3) is 0 Å². The van der Waals surface area contributed by atoms with Gasteiger partial charge in [0.1, 0.15) is 0 Å². The summed E-state index contributed by atoms with van der Waals surface area (Å²) >= 11 is 0. The number of benzene rings is 1. The largest absolute Gasteiger partial charge is 0.355 e. The Labute approximate surface area is 135 Å². The number of nitrogens with one attached hydrogen (secondary N) is 1. The Hall–Kier alpha value is -1.55. The zero-order chi connectivity index (χ0) is 15.9. The van der Waals surface area contributed by atoms with E-state index in [-0.39, 0.29) is 0 Å². The highest BCUT2D eigenvalue weighted by molar-refractivity contribution is 5.79. The van der Waals surface area contributed by atoms with E-state index in [1.165, 1.54) is 24.0 Å². The average molecular weight is 302 g/mol. The van der Waals surface area contributed by atoms with Gasteiger partial charge in [-0.05, 0) is 37.4 Å². The van der Waals surface area contributed by atoms with Gasteiger partial charge in [-0.1, -0.05) is 31.2 Å². The zero-order valence-electron chi connectivity index (χ0n) is 14.5. The van der Waals surface area contributed by atoms with Gasteiger partial charge < -0.3 is 10.2 Å². The molecule has 0 unspecified atom stereocenters. The van der Waals surface area contributed by atoms with Gasteiger partial charge in [-0.2, -0.15) is 0 Å². The van der Waals surface area contributed by atoms with Crippen LogP contribution in [0, 0.1) is 6.92 Å². The van der Waals surface area contributed by atoms with Crippen LogP contribution >= 0.6 is 0 Å². The number of hydrogen-bond donors (Lipinski definition) is 1. The van der Waals surface area contributed by atoms with Crippen molar-refractivity contribution in [3.05, 3.63) is 35.4 Å². The highest BCUT2D eigenvalue weighted by atomic mass is 15.3. The van der Waals surface area contributed by atoms with Crippen LogP contribution in [0.5, 0.6) is 0 Å². The molecule has 1 N–H and O–H groups in total. The van der Waals surface area contributed by atoms with Gasteiger partial charge in [-0.25, -0.2) is 0 Å². The number of aryl methyl sites for hydroxylation is 1. The van der Waals surface area contributed by atoms with Crippen LogP contribution in [0.15, 0.2) is 29.3 Å². The Bertz CT molecular complexity index is 494. The Morgan fingerprint density at radius 2 is 2.05 bits per heavy atom. The lowest BCUT2D eigenvalue weighted by Gasteiger charge is -2.25. The molecule has 1 aliphatic carbocycles. The summed E-state index contributed by atoms with van der Waals surface area (Å²) in [5.41, 5.74) is 2.68. The van der Waals surface area contributed by atoms with Gasteiger partial charge in [-0.3, -0.25) is 9.89 Å². The van der Waals surface area contributed by atoms with Gasteiger partial charge in [0.15, 0.2) is 5.96 Å². The van der Waals surface area contributed by atoms with Crippen LogP contribution < -0.4 is 5.32 Å². The predicted octanol–water partition coefficient (Wildman–Crippen LogP) is 2.49. The van der Waals surface area contributed by atoms with Crippen LogP contribution in [0.3, 0.4) is 0 Å². The van der Waals surface area contributed by atoms with Crippen molar-refractivity contribution in [2.24, 2.45) is 4.99 Å². The lowest BCUT2D eigenvalue weighted by Crippen LogP contribution is -2.42. The van der Waals surface area contributed by atoms with Crippen molar-refractivity contribution in [3.8, 4) is 0 Å². The molecule has 22 heavy (non-hydrogen) atoms. The second kappa shape index (κ2) is 8.18. The third-order valence-electron chi connectivity index (χ3n) is 4.39. The monoisotopic (exact) mass is 302 g/mol. The van der Waals surface area contributed by atoms with E-state index in [1.807, 2.05) is 7.05 Å². The van der Waals surface area contributed by atoms with Crippen LogP contribution in [0.2, 0.25) is 0 Å². The molecule has 0 bridgehead atoms. The van der Waals surface area contributed by atoms with Crippen LogP contribution in [0.25, 0.3) is 0 Å². The molecule has 0 saturated heterocycles. The first-order valence-corrected chi connectivity index (χ1v) is 8.36. The number of nitrogens with zero attached hydrogens (tertiary/aromatic N) is 3. The number of aliphatic imine (C=N–C) groups is 1. The van der Waals surface area contributed by atoms with Gasteiger partial charge in [0.2, 0.25) is 0 Å². The van der Waals surface area contributed by atoms with Crippen molar-refractivity contribution in [1.29, 1.82) is 0 Å². The second-order valence-electron chi connectivity index (χ2n) is 6.12. The van der Waals surface area contributed by atoms with Crippen molar-refractivity contribution in [1.82, 2.24) is 15.1 Å². The maximum atomic E-state index is 4.41. The molecule has 2 rings (SSSR count).